The van der Waals surface area contributed by atoms with E-state index in [1.54, 1.807) is 11.8 Å². The molecular formula is C20H21NO3S. The number of aliphatic hydroxyl groups excluding tert-OH is 1. The molecule has 0 radical (unpaired) electrons. The zero-order valence-corrected chi connectivity index (χ0v) is 14.8. The predicted octanol–water partition coefficient (Wildman–Crippen LogP) is 3.80. The van der Waals surface area contributed by atoms with Gasteiger partial charge in [-0.2, -0.15) is 0 Å². The molecule has 130 valence electrons. The lowest BCUT2D eigenvalue weighted by atomic mass is 10.1. The molecule has 1 aromatic heterocycles. The van der Waals surface area contributed by atoms with E-state index in [1.165, 1.54) is 5.56 Å². The number of benzene rings is 2. The molecule has 2 heterocycles. The highest BCUT2D eigenvalue weighted by Gasteiger charge is 2.20. The summed E-state index contributed by atoms with van der Waals surface area (Å²) in [4.78, 5) is 14.1. The Morgan fingerprint density at radius 1 is 1.12 bits per heavy atom. The second kappa shape index (κ2) is 7.10. The van der Waals surface area contributed by atoms with E-state index < -0.39 is 0 Å². The van der Waals surface area contributed by atoms with Crippen LogP contribution >= 0.6 is 11.8 Å². The van der Waals surface area contributed by atoms with Gasteiger partial charge < -0.3 is 14.4 Å². The van der Waals surface area contributed by atoms with E-state index in [0.29, 0.717) is 31.7 Å². The number of fused-ring (bicyclic) bond motifs is 3. The smallest absolute Gasteiger partial charge is 0.232 e. The molecule has 3 aromatic rings. The van der Waals surface area contributed by atoms with E-state index in [2.05, 4.69) is 18.2 Å². The number of likely N-dealkylation sites (tertiary alicyclic amines) is 1. The predicted molar refractivity (Wildman–Crippen MR) is 102 cm³/mol. The summed E-state index contributed by atoms with van der Waals surface area (Å²) in [5, 5.41) is 11.8. The second-order valence-corrected chi connectivity index (χ2v) is 7.52. The Morgan fingerprint density at radius 2 is 1.88 bits per heavy atom. The second-order valence-electron chi connectivity index (χ2n) is 6.53. The summed E-state index contributed by atoms with van der Waals surface area (Å²) in [6.07, 6.45) is 1.15. The van der Waals surface area contributed by atoms with Crippen LogP contribution in [0.25, 0.3) is 21.9 Å². The van der Waals surface area contributed by atoms with Gasteiger partial charge in [0.25, 0.3) is 0 Å². The maximum Gasteiger partial charge on any atom is 0.232 e. The number of carbonyl (C=O) groups excluding carboxylic acids is 1. The van der Waals surface area contributed by atoms with Crippen LogP contribution in [0.4, 0.5) is 0 Å². The molecule has 1 amide bonds. The van der Waals surface area contributed by atoms with Gasteiger partial charge in [-0.05, 0) is 36.6 Å². The Hall–Kier alpha value is -1.98. The largest absolute Gasteiger partial charge is 0.456 e. The minimum atomic E-state index is -0.242. The fraction of sp³-hybridized carbons (Fsp3) is 0.350. The molecule has 0 saturated carbocycles. The number of hydrogen-bond donors (Lipinski definition) is 1. The van der Waals surface area contributed by atoms with Gasteiger partial charge in [0.2, 0.25) is 5.91 Å². The van der Waals surface area contributed by atoms with Crippen LogP contribution in [-0.4, -0.2) is 40.9 Å². The van der Waals surface area contributed by atoms with Gasteiger partial charge >= 0.3 is 0 Å². The average Bonchev–Trinajstić information content (AvgIpc) is 3.00. The van der Waals surface area contributed by atoms with E-state index in [4.69, 9.17) is 4.42 Å². The van der Waals surface area contributed by atoms with E-state index in [1.807, 2.05) is 29.2 Å². The van der Waals surface area contributed by atoms with Crippen LogP contribution in [-0.2, 0) is 10.5 Å². The van der Waals surface area contributed by atoms with Crippen molar-refractivity contribution in [2.45, 2.75) is 24.7 Å². The Kier molecular flexibility index (Phi) is 4.68. The number of piperidine rings is 1. The van der Waals surface area contributed by atoms with Crippen molar-refractivity contribution < 1.29 is 14.3 Å². The van der Waals surface area contributed by atoms with Gasteiger partial charge in [0, 0.05) is 29.6 Å². The monoisotopic (exact) mass is 355 g/mol. The topological polar surface area (TPSA) is 53.7 Å². The van der Waals surface area contributed by atoms with Crippen molar-refractivity contribution in [2.24, 2.45) is 0 Å². The molecule has 0 spiro atoms. The number of carbonyl (C=O) groups is 1. The van der Waals surface area contributed by atoms with Crippen LogP contribution in [0.5, 0.6) is 0 Å². The highest BCUT2D eigenvalue weighted by atomic mass is 32.2. The first kappa shape index (κ1) is 16.5. The third-order valence-electron chi connectivity index (χ3n) is 4.75. The normalized spacial score (nSPS) is 16.0. The van der Waals surface area contributed by atoms with Gasteiger partial charge in [-0.15, -0.1) is 11.8 Å². The third kappa shape index (κ3) is 3.53. The summed E-state index contributed by atoms with van der Waals surface area (Å²) >= 11 is 1.64. The van der Waals surface area contributed by atoms with Gasteiger partial charge in [0.15, 0.2) is 0 Å². The van der Waals surface area contributed by atoms with Crippen LogP contribution in [0.15, 0.2) is 46.9 Å². The van der Waals surface area contributed by atoms with Gasteiger partial charge in [0.1, 0.15) is 11.2 Å². The van der Waals surface area contributed by atoms with Crippen molar-refractivity contribution in [1.29, 1.82) is 0 Å². The number of thioether (sulfide) groups is 1. The molecule has 1 saturated heterocycles. The highest BCUT2D eigenvalue weighted by molar-refractivity contribution is 7.99. The summed E-state index contributed by atoms with van der Waals surface area (Å²) in [6, 6.07) is 14.3. The van der Waals surface area contributed by atoms with Crippen molar-refractivity contribution in [3.05, 3.63) is 48.0 Å². The molecule has 4 rings (SSSR count). The first-order valence-electron chi connectivity index (χ1n) is 8.64. The molecule has 0 atom stereocenters. The number of amides is 1. The number of furan rings is 1. The Balaban J connectivity index is 1.39. The molecule has 4 nitrogen and oxygen atoms in total. The van der Waals surface area contributed by atoms with E-state index in [0.717, 1.165) is 27.7 Å². The van der Waals surface area contributed by atoms with Crippen molar-refractivity contribution >= 4 is 39.6 Å². The average molecular weight is 355 g/mol. The summed E-state index contributed by atoms with van der Waals surface area (Å²) in [5.41, 5.74) is 3.01. The van der Waals surface area contributed by atoms with Crippen LogP contribution in [0.2, 0.25) is 0 Å². The lowest BCUT2D eigenvalue weighted by molar-refractivity contribution is -0.130. The highest BCUT2D eigenvalue weighted by Crippen LogP contribution is 2.30. The molecule has 2 aromatic carbocycles. The molecule has 1 fully saturated rings. The SMILES string of the molecule is O=C(CSCc1ccc2oc3ccccc3c2c1)N1CCC(O)CC1. The first-order chi connectivity index (χ1) is 12.2. The van der Waals surface area contributed by atoms with E-state index in [-0.39, 0.29) is 12.0 Å². The molecule has 25 heavy (non-hydrogen) atoms. The van der Waals surface area contributed by atoms with E-state index >= 15 is 0 Å². The summed E-state index contributed by atoms with van der Waals surface area (Å²) in [5.74, 6) is 1.46. The maximum absolute atomic E-state index is 12.2. The lowest BCUT2D eigenvalue weighted by Crippen LogP contribution is -2.40. The van der Waals surface area contributed by atoms with Crippen molar-refractivity contribution in [3.63, 3.8) is 0 Å². The molecule has 0 unspecified atom stereocenters. The number of hydrogen-bond acceptors (Lipinski definition) is 4. The fourth-order valence-electron chi connectivity index (χ4n) is 3.33. The zero-order chi connectivity index (χ0) is 17.2. The van der Waals surface area contributed by atoms with Crippen molar-refractivity contribution in [2.75, 3.05) is 18.8 Å². The van der Waals surface area contributed by atoms with Gasteiger partial charge in [-0.25, -0.2) is 0 Å². The maximum atomic E-state index is 12.2. The van der Waals surface area contributed by atoms with Crippen molar-refractivity contribution in [1.82, 2.24) is 4.90 Å². The molecular weight excluding hydrogens is 334 g/mol. The van der Waals surface area contributed by atoms with Crippen molar-refractivity contribution in [3.8, 4) is 0 Å². The molecule has 1 aliphatic heterocycles. The fourth-order valence-corrected chi connectivity index (χ4v) is 4.20. The Labute approximate surface area is 150 Å². The van der Waals surface area contributed by atoms with Crippen LogP contribution in [0, 0.1) is 0 Å². The molecule has 1 aliphatic rings. The zero-order valence-electron chi connectivity index (χ0n) is 14.0. The first-order valence-corrected chi connectivity index (χ1v) is 9.80. The molecule has 5 heteroatoms. The van der Waals surface area contributed by atoms with Gasteiger partial charge in [-0.1, -0.05) is 24.3 Å². The third-order valence-corrected chi connectivity index (χ3v) is 5.74. The molecule has 0 aliphatic carbocycles. The van der Waals surface area contributed by atoms with E-state index in [9.17, 15) is 9.90 Å². The standard InChI is InChI=1S/C20H21NO3S/c22-15-7-9-21(10-8-15)20(23)13-25-12-14-5-6-19-17(11-14)16-3-1-2-4-18(16)24-19/h1-6,11,15,22H,7-10,12-13H2. The van der Waals surface area contributed by atoms with Gasteiger partial charge in [-0.3, -0.25) is 4.79 Å². The number of para-hydroxylation sites is 1. The lowest BCUT2D eigenvalue weighted by Gasteiger charge is -2.29. The molecule has 0 bridgehead atoms. The van der Waals surface area contributed by atoms with Crippen LogP contribution in [0.1, 0.15) is 18.4 Å². The minimum Gasteiger partial charge on any atom is -0.456 e. The summed E-state index contributed by atoms with van der Waals surface area (Å²) in [6.45, 7) is 1.35. The van der Waals surface area contributed by atoms with Gasteiger partial charge in [0.05, 0.1) is 11.9 Å². The summed E-state index contributed by atoms with van der Waals surface area (Å²) in [7, 11) is 0. The number of nitrogens with zero attached hydrogens (tertiary/aromatic N) is 1. The Bertz CT molecular complexity index is 896. The number of aliphatic hydroxyl groups is 1. The number of rotatable bonds is 4. The summed E-state index contributed by atoms with van der Waals surface area (Å²) < 4.78 is 5.85. The molecule has 1 N–H and O–H groups in total. The quantitative estimate of drug-likeness (QED) is 0.773. The Morgan fingerprint density at radius 3 is 2.72 bits per heavy atom. The minimum absolute atomic E-state index is 0.173. The van der Waals surface area contributed by atoms with Crippen LogP contribution in [0.3, 0.4) is 0 Å². The van der Waals surface area contributed by atoms with Crippen LogP contribution < -0.4 is 0 Å².